The lowest BCUT2D eigenvalue weighted by Crippen LogP contribution is -2.61. The monoisotopic (exact) mass is 353 g/mol. The van der Waals surface area contributed by atoms with E-state index in [9.17, 15) is 9.90 Å². The minimum Gasteiger partial charge on any atom is -0.390 e. The van der Waals surface area contributed by atoms with Crippen molar-refractivity contribution in [2.45, 2.75) is 50.5 Å². The molecule has 3 fully saturated rings. The smallest absolute Gasteiger partial charge is 0.225 e. The van der Waals surface area contributed by atoms with Gasteiger partial charge in [-0.05, 0) is 62.6 Å². The molecule has 1 aliphatic heterocycles. The third kappa shape index (κ3) is 2.48. The summed E-state index contributed by atoms with van der Waals surface area (Å²) in [7, 11) is 1.98. The number of carbonyl (C=O) groups is 1. The van der Waals surface area contributed by atoms with Gasteiger partial charge in [-0.25, -0.2) is 0 Å². The third-order valence-corrected chi connectivity index (χ3v) is 7.03. The van der Waals surface area contributed by atoms with Crippen LogP contribution in [0, 0.1) is 11.3 Å². The van der Waals surface area contributed by atoms with Gasteiger partial charge in [-0.2, -0.15) is 5.10 Å². The van der Waals surface area contributed by atoms with Gasteiger partial charge in [0.25, 0.3) is 0 Å². The fraction of sp³-hybridized carbons (Fsp3) is 0.619. The number of fused-ring (bicyclic) bond motifs is 1. The minimum absolute atomic E-state index is 0.0486. The van der Waals surface area contributed by atoms with Crippen LogP contribution in [0.15, 0.2) is 24.4 Å². The Morgan fingerprint density at radius 1 is 1.27 bits per heavy atom. The van der Waals surface area contributed by atoms with E-state index < -0.39 is 5.60 Å². The van der Waals surface area contributed by atoms with Crippen LogP contribution in [0.2, 0.25) is 0 Å². The van der Waals surface area contributed by atoms with Gasteiger partial charge >= 0.3 is 0 Å². The molecule has 1 atom stereocenters. The van der Waals surface area contributed by atoms with E-state index in [0.717, 1.165) is 13.1 Å². The van der Waals surface area contributed by atoms with Crippen molar-refractivity contribution in [2.24, 2.45) is 18.4 Å². The van der Waals surface area contributed by atoms with Crippen molar-refractivity contribution in [1.29, 1.82) is 0 Å². The molecular weight excluding hydrogens is 326 g/mol. The number of amides is 1. The Balaban J connectivity index is 1.23. The van der Waals surface area contributed by atoms with Gasteiger partial charge in [-0.3, -0.25) is 9.48 Å². The summed E-state index contributed by atoms with van der Waals surface area (Å²) in [6, 6.07) is 6.73. The van der Waals surface area contributed by atoms with Crippen molar-refractivity contribution >= 4 is 16.8 Å². The zero-order valence-corrected chi connectivity index (χ0v) is 15.6. The molecule has 1 amide bonds. The molecule has 1 aromatic carbocycles. The van der Waals surface area contributed by atoms with Gasteiger partial charge < -0.3 is 10.0 Å². The van der Waals surface area contributed by atoms with Gasteiger partial charge in [0.05, 0.1) is 17.3 Å². The molecule has 2 saturated carbocycles. The van der Waals surface area contributed by atoms with Crippen LogP contribution in [0.1, 0.15) is 50.5 Å². The highest BCUT2D eigenvalue weighted by atomic mass is 16.3. The summed E-state index contributed by atoms with van der Waals surface area (Å²) in [5.74, 6) is 0.913. The number of aromatic nitrogens is 2. The number of hydrogen-bond acceptors (Lipinski definition) is 3. The number of benzene rings is 1. The van der Waals surface area contributed by atoms with Crippen LogP contribution in [-0.4, -0.2) is 44.4 Å². The second-order valence-electron chi connectivity index (χ2n) is 9.32. The predicted molar refractivity (Wildman–Crippen MR) is 99.7 cm³/mol. The van der Waals surface area contributed by atoms with Crippen molar-refractivity contribution in [3.8, 4) is 0 Å². The van der Waals surface area contributed by atoms with Crippen molar-refractivity contribution < 1.29 is 9.90 Å². The van der Waals surface area contributed by atoms with E-state index in [2.05, 4.69) is 23.3 Å². The molecule has 0 bridgehead atoms. The van der Waals surface area contributed by atoms with Crippen molar-refractivity contribution in [3.05, 3.63) is 30.0 Å². The summed E-state index contributed by atoms with van der Waals surface area (Å²) >= 11 is 0. The SMILES string of the molecule is Cn1ncc2cc(C3CCC4(C3)CN(C(=O)C3CC(C)(O)C3)C4)ccc21. The quantitative estimate of drug-likeness (QED) is 0.903. The Morgan fingerprint density at radius 3 is 2.77 bits per heavy atom. The standard InChI is InChI=1S/C21H27N3O2/c1-20(26)8-17(9-20)19(25)24-12-21(13-24)6-5-15(10-21)14-3-4-18-16(7-14)11-22-23(18)2/h3-4,7,11,15,17,26H,5-6,8-10,12-13H2,1-2H3. The molecule has 2 aromatic rings. The Labute approximate surface area is 154 Å². The highest BCUT2D eigenvalue weighted by Gasteiger charge is 2.53. The van der Waals surface area contributed by atoms with Crippen molar-refractivity contribution in [3.63, 3.8) is 0 Å². The fourth-order valence-electron chi connectivity index (χ4n) is 5.57. The normalized spacial score (nSPS) is 32.7. The first-order chi connectivity index (χ1) is 12.3. The van der Waals surface area contributed by atoms with Crippen LogP contribution >= 0.6 is 0 Å². The molecule has 2 heterocycles. The Kier molecular flexibility index (Phi) is 3.34. The van der Waals surface area contributed by atoms with E-state index in [0.29, 0.717) is 24.2 Å². The summed E-state index contributed by atoms with van der Waals surface area (Å²) in [5.41, 5.74) is 2.31. The van der Waals surface area contributed by atoms with Crippen LogP contribution in [-0.2, 0) is 11.8 Å². The third-order valence-electron chi connectivity index (χ3n) is 7.03. The molecule has 1 N–H and O–H groups in total. The largest absolute Gasteiger partial charge is 0.390 e. The van der Waals surface area contributed by atoms with E-state index >= 15 is 0 Å². The van der Waals surface area contributed by atoms with E-state index in [-0.39, 0.29) is 11.8 Å². The summed E-state index contributed by atoms with van der Waals surface area (Å²) in [6.45, 7) is 3.65. The first kappa shape index (κ1) is 16.3. The molecule has 0 radical (unpaired) electrons. The number of rotatable bonds is 2. The molecule has 1 saturated heterocycles. The van der Waals surface area contributed by atoms with Gasteiger partial charge in [-0.15, -0.1) is 0 Å². The van der Waals surface area contributed by atoms with E-state index in [1.807, 2.05) is 29.7 Å². The molecule has 3 aliphatic rings. The molecule has 5 nitrogen and oxygen atoms in total. The molecule has 26 heavy (non-hydrogen) atoms. The zero-order chi connectivity index (χ0) is 18.1. The van der Waals surface area contributed by atoms with Crippen LogP contribution in [0.3, 0.4) is 0 Å². The van der Waals surface area contributed by atoms with Gasteiger partial charge in [0, 0.05) is 36.9 Å². The number of nitrogens with zero attached hydrogens (tertiary/aromatic N) is 3. The minimum atomic E-state index is -0.619. The lowest BCUT2D eigenvalue weighted by atomic mass is 9.69. The summed E-state index contributed by atoms with van der Waals surface area (Å²) < 4.78 is 1.92. The maximum absolute atomic E-state index is 12.5. The molecule has 5 rings (SSSR count). The maximum Gasteiger partial charge on any atom is 0.225 e. The molecule has 1 spiro atoms. The zero-order valence-electron chi connectivity index (χ0n) is 15.6. The first-order valence-corrected chi connectivity index (χ1v) is 9.77. The molecule has 138 valence electrons. The topological polar surface area (TPSA) is 58.4 Å². The number of hydrogen-bond donors (Lipinski definition) is 1. The number of likely N-dealkylation sites (tertiary alicyclic amines) is 1. The number of aryl methyl sites for hydroxylation is 1. The average molecular weight is 353 g/mol. The average Bonchev–Trinajstić information content (AvgIpc) is 3.15. The summed E-state index contributed by atoms with van der Waals surface area (Å²) in [6.07, 6.45) is 6.82. The van der Waals surface area contributed by atoms with Crippen molar-refractivity contribution in [1.82, 2.24) is 14.7 Å². The molecule has 5 heteroatoms. The summed E-state index contributed by atoms with van der Waals surface area (Å²) in [4.78, 5) is 14.6. The predicted octanol–water partition coefficient (Wildman–Crippen LogP) is 2.83. The Hall–Kier alpha value is -1.88. The van der Waals surface area contributed by atoms with Crippen LogP contribution in [0.25, 0.3) is 10.9 Å². The molecule has 2 aliphatic carbocycles. The van der Waals surface area contributed by atoms with Crippen molar-refractivity contribution in [2.75, 3.05) is 13.1 Å². The Bertz CT molecular complexity index is 871. The van der Waals surface area contributed by atoms with Crippen LogP contribution in [0.5, 0.6) is 0 Å². The molecule has 1 unspecified atom stereocenters. The maximum atomic E-state index is 12.5. The molecular formula is C21H27N3O2. The highest BCUT2D eigenvalue weighted by molar-refractivity contribution is 5.81. The summed E-state index contributed by atoms with van der Waals surface area (Å²) in [5, 5.41) is 15.4. The van der Waals surface area contributed by atoms with E-state index in [1.54, 1.807) is 0 Å². The second-order valence-corrected chi connectivity index (χ2v) is 9.32. The van der Waals surface area contributed by atoms with Crippen LogP contribution in [0.4, 0.5) is 0 Å². The highest BCUT2D eigenvalue weighted by Crippen LogP contribution is 2.53. The van der Waals surface area contributed by atoms with Gasteiger partial charge in [0.2, 0.25) is 5.91 Å². The van der Waals surface area contributed by atoms with Crippen LogP contribution < -0.4 is 0 Å². The first-order valence-electron chi connectivity index (χ1n) is 9.77. The number of carbonyl (C=O) groups excluding carboxylic acids is 1. The molecule has 1 aromatic heterocycles. The lowest BCUT2D eigenvalue weighted by molar-refractivity contribution is -0.161. The van der Waals surface area contributed by atoms with Gasteiger partial charge in [-0.1, -0.05) is 6.07 Å². The lowest BCUT2D eigenvalue weighted by Gasteiger charge is -2.52. The second kappa shape index (κ2) is 5.32. The van der Waals surface area contributed by atoms with E-state index in [4.69, 9.17) is 0 Å². The van der Waals surface area contributed by atoms with Gasteiger partial charge in [0.15, 0.2) is 0 Å². The van der Waals surface area contributed by atoms with Gasteiger partial charge in [0.1, 0.15) is 0 Å². The van der Waals surface area contributed by atoms with E-state index in [1.165, 1.54) is 35.7 Å². The number of aliphatic hydroxyl groups is 1. The fourth-order valence-corrected chi connectivity index (χ4v) is 5.57. The Morgan fingerprint density at radius 2 is 2.04 bits per heavy atom.